The Morgan fingerprint density at radius 2 is 1.57 bits per heavy atom. The number of halogens is 1. The molecule has 4 rings (SSSR count). The van der Waals surface area contributed by atoms with Crippen molar-refractivity contribution >= 4 is 34.7 Å². The van der Waals surface area contributed by atoms with Crippen LogP contribution in [0.2, 0.25) is 5.02 Å². The molecule has 3 aromatic carbocycles. The van der Waals surface area contributed by atoms with E-state index in [2.05, 4.69) is 12.1 Å². The van der Waals surface area contributed by atoms with Crippen molar-refractivity contribution < 1.29 is 0 Å². The van der Waals surface area contributed by atoms with E-state index >= 15 is 0 Å². The maximum Gasteiger partial charge on any atom is 0.261 e. The summed E-state index contributed by atoms with van der Waals surface area (Å²) in [4.78, 5) is 17.8. The molecule has 0 N–H and O–H groups in total. The fraction of sp³-hybridized carbons (Fsp3) is 0.0833. The number of aryl methyl sites for hydroxylation is 1. The molecule has 0 aliphatic rings. The maximum atomic E-state index is 13.1. The number of nitrogens with zero attached hydrogens (tertiary/aromatic N) is 2. The molecular formula is C24H19ClN2O. The highest BCUT2D eigenvalue weighted by Gasteiger charge is 2.09. The van der Waals surface area contributed by atoms with Crippen LogP contribution < -0.4 is 5.56 Å². The van der Waals surface area contributed by atoms with Gasteiger partial charge in [-0.1, -0.05) is 72.3 Å². The van der Waals surface area contributed by atoms with Crippen molar-refractivity contribution in [2.75, 3.05) is 0 Å². The second kappa shape index (κ2) is 8.24. The lowest BCUT2D eigenvalue weighted by Gasteiger charge is -2.11. The van der Waals surface area contributed by atoms with E-state index in [9.17, 15) is 4.79 Å². The monoisotopic (exact) mass is 386 g/mol. The fourth-order valence-corrected chi connectivity index (χ4v) is 3.28. The Kier molecular flexibility index (Phi) is 5.36. The van der Waals surface area contributed by atoms with E-state index in [0.29, 0.717) is 28.3 Å². The average molecular weight is 387 g/mol. The van der Waals surface area contributed by atoms with E-state index in [4.69, 9.17) is 16.6 Å². The molecule has 4 heteroatoms. The van der Waals surface area contributed by atoms with Gasteiger partial charge in [-0.05, 0) is 47.9 Å². The minimum atomic E-state index is -0.0164. The largest absolute Gasteiger partial charge is 0.292 e. The van der Waals surface area contributed by atoms with Crippen molar-refractivity contribution in [2.24, 2.45) is 0 Å². The lowest BCUT2D eigenvalue weighted by molar-refractivity contribution is 0.655. The Hall–Kier alpha value is -3.17. The summed E-state index contributed by atoms with van der Waals surface area (Å²) in [6.45, 7) is 0.570. The molecule has 0 atom stereocenters. The van der Waals surface area contributed by atoms with Gasteiger partial charge in [0.2, 0.25) is 0 Å². The van der Waals surface area contributed by atoms with Crippen LogP contribution in [0.15, 0.2) is 83.7 Å². The van der Waals surface area contributed by atoms with Crippen molar-refractivity contribution in [1.29, 1.82) is 0 Å². The van der Waals surface area contributed by atoms with Gasteiger partial charge in [-0.3, -0.25) is 9.36 Å². The first-order valence-electron chi connectivity index (χ1n) is 9.18. The van der Waals surface area contributed by atoms with E-state index in [1.54, 1.807) is 4.57 Å². The number of aromatic nitrogens is 2. The second-order valence-corrected chi connectivity index (χ2v) is 7.00. The number of para-hydroxylation sites is 1. The normalized spacial score (nSPS) is 11.3. The summed E-state index contributed by atoms with van der Waals surface area (Å²) >= 11 is 5.96. The van der Waals surface area contributed by atoms with Crippen molar-refractivity contribution in [3.05, 3.63) is 111 Å². The second-order valence-electron chi connectivity index (χ2n) is 6.56. The number of benzene rings is 3. The van der Waals surface area contributed by atoms with Gasteiger partial charge in [-0.2, -0.15) is 0 Å². The zero-order valence-corrected chi connectivity index (χ0v) is 16.0. The molecule has 28 heavy (non-hydrogen) atoms. The van der Waals surface area contributed by atoms with Crippen LogP contribution >= 0.6 is 11.6 Å². The molecule has 4 aromatic rings. The summed E-state index contributed by atoms with van der Waals surface area (Å²) < 4.78 is 1.75. The summed E-state index contributed by atoms with van der Waals surface area (Å²) in [5.74, 6) is 0.648. The summed E-state index contributed by atoms with van der Waals surface area (Å²) in [5, 5.41) is 1.33. The van der Waals surface area contributed by atoms with Crippen LogP contribution in [0.25, 0.3) is 23.1 Å². The number of rotatable bonds is 5. The van der Waals surface area contributed by atoms with Gasteiger partial charge in [0.05, 0.1) is 10.9 Å². The topological polar surface area (TPSA) is 34.9 Å². The molecule has 1 heterocycles. The first-order valence-corrected chi connectivity index (χ1v) is 9.56. The Morgan fingerprint density at radius 3 is 2.36 bits per heavy atom. The fourth-order valence-electron chi connectivity index (χ4n) is 3.16. The van der Waals surface area contributed by atoms with Crippen LogP contribution in [-0.2, 0) is 13.0 Å². The summed E-state index contributed by atoms with van der Waals surface area (Å²) in [6, 6.07) is 25.2. The smallest absolute Gasteiger partial charge is 0.261 e. The average Bonchev–Trinajstić information content (AvgIpc) is 2.74. The standard InChI is InChI=1S/C24H19ClN2O/c25-20-13-10-19(11-14-20)12-15-23-26-22-9-5-4-8-21(22)24(28)27(23)17-16-18-6-2-1-3-7-18/h1-15H,16-17H2/b15-12+. The zero-order valence-electron chi connectivity index (χ0n) is 15.3. The molecule has 0 fully saturated rings. The first-order chi connectivity index (χ1) is 13.7. The van der Waals surface area contributed by atoms with Crippen LogP contribution in [0.4, 0.5) is 0 Å². The summed E-state index contributed by atoms with van der Waals surface area (Å²) in [6.07, 6.45) is 4.61. The van der Waals surface area contributed by atoms with Crippen LogP contribution in [0.1, 0.15) is 17.0 Å². The molecule has 0 amide bonds. The van der Waals surface area contributed by atoms with Crippen molar-refractivity contribution in [3.63, 3.8) is 0 Å². The lowest BCUT2D eigenvalue weighted by Crippen LogP contribution is -2.24. The Morgan fingerprint density at radius 1 is 0.857 bits per heavy atom. The predicted octanol–water partition coefficient (Wildman–Crippen LogP) is 5.46. The Balaban J connectivity index is 1.74. The molecule has 0 saturated heterocycles. The third-order valence-corrected chi connectivity index (χ3v) is 4.90. The van der Waals surface area contributed by atoms with Gasteiger partial charge in [-0.15, -0.1) is 0 Å². The van der Waals surface area contributed by atoms with Crippen LogP contribution in [0.3, 0.4) is 0 Å². The minimum Gasteiger partial charge on any atom is -0.292 e. The molecule has 0 unspecified atom stereocenters. The highest BCUT2D eigenvalue weighted by molar-refractivity contribution is 6.30. The SMILES string of the molecule is O=c1c2ccccc2nc(/C=C/c2ccc(Cl)cc2)n1CCc1ccccc1. The van der Waals surface area contributed by atoms with E-state index in [0.717, 1.165) is 12.0 Å². The molecule has 0 aliphatic heterocycles. The highest BCUT2D eigenvalue weighted by Crippen LogP contribution is 2.14. The minimum absolute atomic E-state index is 0.0164. The highest BCUT2D eigenvalue weighted by atomic mass is 35.5. The molecular weight excluding hydrogens is 368 g/mol. The summed E-state index contributed by atoms with van der Waals surface area (Å²) in [7, 11) is 0. The van der Waals surface area contributed by atoms with Crippen LogP contribution in [0.5, 0.6) is 0 Å². The van der Waals surface area contributed by atoms with Crippen LogP contribution in [-0.4, -0.2) is 9.55 Å². The molecule has 0 radical (unpaired) electrons. The zero-order chi connectivity index (χ0) is 19.3. The van der Waals surface area contributed by atoms with Gasteiger partial charge in [0.15, 0.2) is 0 Å². The molecule has 0 spiro atoms. The van der Waals surface area contributed by atoms with Crippen molar-refractivity contribution in [2.45, 2.75) is 13.0 Å². The number of hydrogen-bond acceptors (Lipinski definition) is 2. The molecule has 3 nitrogen and oxygen atoms in total. The van der Waals surface area contributed by atoms with Gasteiger partial charge in [0.25, 0.3) is 5.56 Å². The third kappa shape index (κ3) is 4.05. The van der Waals surface area contributed by atoms with Crippen LogP contribution in [0, 0.1) is 0 Å². The maximum absolute atomic E-state index is 13.1. The number of fused-ring (bicyclic) bond motifs is 1. The molecule has 0 bridgehead atoms. The lowest BCUT2D eigenvalue weighted by atomic mass is 10.1. The summed E-state index contributed by atoms with van der Waals surface area (Å²) in [5.41, 5.74) is 2.88. The van der Waals surface area contributed by atoms with Gasteiger partial charge in [0, 0.05) is 11.6 Å². The predicted molar refractivity (Wildman–Crippen MR) is 117 cm³/mol. The van der Waals surface area contributed by atoms with Crippen molar-refractivity contribution in [1.82, 2.24) is 9.55 Å². The van der Waals surface area contributed by atoms with E-state index in [-0.39, 0.29) is 5.56 Å². The molecule has 138 valence electrons. The Bertz CT molecular complexity index is 1180. The molecule has 1 aromatic heterocycles. The van der Waals surface area contributed by atoms with E-state index in [1.807, 2.05) is 78.9 Å². The first kappa shape index (κ1) is 18.2. The van der Waals surface area contributed by atoms with Gasteiger partial charge in [0.1, 0.15) is 5.82 Å². The molecule has 0 aliphatic carbocycles. The number of hydrogen-bond donors (Lipinski definition) is 0. The van der Waals surface area contributed by atoms with Gasteiger partial charge in [-0.25, -0.2) is 4.98 Å². The molecule has 0 saturated carbocycles. The van der Waals surface area contributed by atoms with Gasteiger partial charge < -0.3 is 0 Å². The quantitative estimate of drug-likeness (QED) is 0.456. The third-order valence-electron chi connectivity index (χ3n) is 4.65. The van der Waals surface area contributed by atoms with Gasteiger partial charge >= 0.3 is 0 Å². The van der Waals surface area contributed by atoms with E-state index < -0.39 is 0 Å². The van der Waals surface area contributed by atoms with E-state index in [1.165, 1.54) is 5.56 Å². The Labute approximate surface area is 168 Å². The van der Waals surface area contributed by atoms with Crippen molar-refractivity contribution in [3.8, 4) is 0 Å².